The average Bonchev–Trinajstić information content (AvgIpc) is 2.47. The van der Waals surface area contributed by atoms with E-state index in [0.29, 0.717) is 12.1 Å². The van der Waals surface area contributed by atoms with Crippen molar-refractivity contribution < 1.29 is 4.74 Å². The SMILES string of the molecule is NNC(C1CCC1)C1CCCO1. The largest absolute Gasteiger partial charge is 0.377 e. The van der Waals surface area contributed by atoms with Crippen molar-refractivity contribution in [2.45, 2.75) is 44.2 Å². The number of hydrogen-bond donors (Lipinski definition) is 2. The second-order valence-corrected chi connectivity index (χ2v) is 3.93. The lowest BCUT2D eigenvalue weighted by molar-refractivity contribution is 0.0400. The summed E-state index contributed by atoms with van der Waals surface area (Å²) in [4.78, 5) is 0. The van der Waals surface area contributed by atoms with E-state index in [0.717, 1.165) is 12.5 Å². The molecule has 0 spiro atoms. The van der Waals surface area contributed by atoms with Gasteiger partial charge in [-0.2, -0.15) is 0 Å². The van der Waals surface area contributed by atoms with Crippen LogP contribution < -0.4 is 11.3 Å². The third-order valence-corrected chi connectivity index (χ3v) is 3.22. The van der Waals surface area contributed by atoms with Gasteiger partial charge in [0.05, 0.1) is 12.1 Å². The van der Waals surface area contributed by atoms with E-state index < -0.39 is 0 Å². The normalized spacial score (nSPS) is 33.2. The van der Waals surface area contributed by atoms with Gasteiger partial charge >= 0.3 is 0 Å². The van der Waals surface area contributed by atoms with Crippen LogP contribution in [0.4, 0.5) is 0 Å². The van der Waals surface area contributed by atoms with Gasteiger partial charge in [0.15, 0.2) is 0 Å². The molecule has 2 atom stereocenters. The van der Waals surface area contributed by atoms with Gasteiger partial charge in [-0.05, 0) is 31.6 Å². The first-order valence-electron chi connectivity index (χ1n) is 4.99. The lowest BCUT2D eigenvalue weighted by Crippen LogP contribution is -2.50. The molecule has 12 heavy (non-hydrogen) atoms. The molecule has 0 aromatic carbocycles. The molecule has 0 bridgehead atoms. The van der Waals surface area contributed by atoms with Gasteiger partial charge in [-0.3, -0.25) is 11.3 Å². The highest BCUT2D eigenvalue weighted by atomic mass is 16.5. The maximum atomic E-state index is 5.62. The van der Waals surface area contributed by atoms with Gasteiger partial charge in [-0.1, -0.05) is 6.42 Å². The van der Waals surface area contributed by atoms with Crippen LogP contribution in [0, 0.1) is 5.92 Å². The maximum Gasteiger partial charge on any atom is 0.0745 e. The molecule has 70 valence electrons. The monoisotopic (exact) mass is 170 g/mol. The van der Waals surface area contributed by atoms with E-state index >= 15 is 0 Å². The van der Waals surface area contributed by atoms with Crippen molar-refractivity contribution in [1.29, 1.82) is 0 Å². The summed E-state index contributed by atoms with van der Waals surface area (Å²) >= 11 is 0. The summed E-state index contributed by atoms with van der Waals surface area (Å²) in [6, 6.07) is 0.418. The standard InChI is InChI=1S/C9H18N2O/c10-11-9(7-3-1-4-7)8-5-2-6-12-8/h7-9,11H,1-6,10H2. The summed E-state index contributed by atoms with van der Waals surface area (Å²) in [6.45, 7) is 0.926. The Morgan fingerprint density at radius 1 is 1.25 bits per heavy atom. The van der Waals surface area contributed by atoms with Gasteiger partial charge in [-0.25, -0.2) is 0 Å². The molecule has 1 aliphatic heterocycles. The van der Waals surface area contributed by atoms with Gasteiger partial charge in [0.2, 0.25) is 0 Å². The van der Waals surface area contributed by atoms with Crippen LogP contribution in [0.15, 0.2) is 0 Å². The highest BCUT2D eigenvalue weighted by molar-refractivity contribution is 4.88. The molecule has 2 aliphatic rings. The molecule has 3 N–H and O–H groups in total. The molecule has 0 aromatic heterocycles. The summed E-state index contributed by atoms with van der Waals surface area (Å²) < 4.78 is 5.62. The van der Waals surface area contributed by atoms with Crippen molar-refractivity contribution in [2.75, 3.05) is 6.61 Å². The van der Waals surface area contributed by atoms with E-state index in [1.165, 1.54) is 32.1 Å². The minimum Gasteiger partial charge on any atom is -0.377 e. The average molecular weight is 170 g/mol. The number of rotatable bonds is 3. The Morgan fingerprint density at radius 3 is 2.50 bits per heavy atom. The van der Waals surface area contributed by atoms with Gasteiger partial charge in [-0.15, -0.1) is 0 Å². The van der Waals surface area contributed by atoms with Crippen molar-refractivity contribution in [1.82, 2.24) is 5.43 Å². The number of nitrogens with two attached hydrogens (primary N) is 1. The molecular formula is C9H18N2O. The Hall–Kier alpha value is -0.120. The number of nitrogens with one attached hydrogen (secondary N) is 1. The smallest absolute Gasteiger partial charge is 0.0745 e. The van der Waals surface area contributed by atoms with E-state index in [-0.39, 0.29) is 0 Å². The number of hydrogen-bond acceptors (Lipinski definition) is 3. The number of ether oxygens (including phenoxy) is 1. The van der Waals surface area contributed by atoms with E-state index in [4.69, 9.17) is 10.6 Å². The lowest BCUT2D eigenvalue weighted by atomic mass is 9.77. The first kappa shape index (κ1) is 8.48. The van der Waals surface area contributed by atoms with Crippen LogP contribution in [0.5, 0.6) is 0 Å². The molecule has 0 radical (unpaired) electrons. The minimum absolute atomic E-state index is 0.389. The van der Waals surface area contributed by atoms with Gasteiger partial charge < -0.3 is 4.74 Å². The molecule has 1 saturated carbocycles. The lowest BCUT2D eigenvalue weighted by Gasteiger charge is -2.36. The van der Waals surface area contributed by atoms with Crippen LogP contribution in [0.3, 0.4) is 0 Å². The summed E-state index contributed by atoms with van der Waals surface area (Å²) in [7, 11) is 0. The molecule has 0 aromatic rings. The Kier molecular flexibility index (Phi) is 2.63. The van der Waals surface area contributed by atoms with Crippen molar-refractivity contribution in [2.24, 2.45) is 11.8 Å². The van der Waals surface area contributed by atoms with Crippen molar-refractivity contribution in [3.05, 3.63) is 0 Å². The third kappa shape index (κ3) is 1.49. The predicted octanol–water partition coefficient (Wildman–Crippen LogP) is 0.797. The van der Waals surface area contributed by atoms with Crippen LogP contribution in [0.1, 0.15) is 32.1 Å². The van der Waals surface area contributed by atoms with Crippen LogP contribution in [0.25, 0.3) is 0 Å². The summed E-state index contributed by atoms with van der Waals surface area (Å²) in [6.07, 6.45) is 6.81. The first-order valence-corrected chi connectivity index (χ1v) is 4.99. The molecular weight excluding hydrogens is 152 g/mol. The zero-order valence-electron chi connectivity index (χ0n) is 7.46. The fraction of sp³-hybridized carbons (Fsp3) is 1.00. The minimum atomic E-state index is 0.389. The van der Waals surface area contributed by atoms with Gasteiger partial charge in [0.25, 0.3) is 0 Å². The molecule has 1 aliphatic carbocycles. The maximum absolute atomic E-state index is 5.62. The predicted molar refractivity (Wildman–Crippen MR) is 47.4 cm³/mol. The Labute approximate surface area is 73.6 Å². The summed E-state index contributed by atoms with van der Waals surface area (Å²) in [5.74, 6) is 6.31. The Bertz CT molecular complexity index is 141. The molecule has 1 heterocycles. The summed E-state index contributed by atoms with van der Waals surface area (Å²) in [5.41, 5.74) is 2.92. The van der Waals surface area contributed by atoms with Crippen molar-refractivity contribution in [3.63, 3.8) is 0 Å². The van der Waals surface area contributed by atoms with Crippen molar-refractivity contribution in [3.8, 4) is 0 Å². The fourth-order valence-corrected chi connectivity index (χ4v) is 2.23. The first-order chi connectivity index (χ1) is 5.92. The van der Waals surface area contributed by atoms with E-state index in [9.17, 15) is 0 Å². The highest BCUT2D eigenvalue weighted by Gasteiger charge is 2.34. The van der Waals surface area contributed by atoms with Crippen LogP contribution in [-0.4, -0.2) is 18.8 Å². The van der Waals surface area contributed by atoms with E-state index in [2.05, 4.69) is 5.43 Å². The van der Waals surface area contributed by atoms with E-state index in [1.807, 2.05) is 0 Å². The molecule has 2 unspecified atom stereocenters. The zero-order valence-corrected chi connectivity index (χ0v) is 7.46. The third-order valence-electron chi connectivity index (χ3n) is 3.22. The fourth-order valence-electron chi connectivity index (χ4n) is 2.23. The summed E-state index contributed by atoms with van der Waals surface area (Å²) in [5, 5.41) is 0. The second kappa shape index (κ2) is 3.73. The molecule has 3 heteroatoms. The molecule has 3 nitrogen and oxygen atoms in total. The molecule has 2 fully saturated rings. The quantitative estimate of drug-likeness (QED) is 0.486. The zero-order chi connectivity index (χ0) is 8.39. The van der Waals surface area contributed by atoms with Crippen LogP contribution in [0.2, 0.25) is 0 Å². The van der Waals surface area contributed by atoms with Crippen LogP contribution in [-0.2, 0) is 4.74 Å². The molecule has 1 saturated heterocycles. The van der Waals surface area contributed by atoms with Gasteiger partial charge in [0, 0.05) is 6.61 Å². The van der Waals surface area contributed by atoms with Gasteiger partial charge in [0.1, 0.15) is 0 Å². The topological polar surface area (TPSA) is 47.3 Å². The Morgan fingerprint density at radius 2 is 2.08 bits per heavy atom. The molecule has 2 rings (SSSR count). The number of hydrazine groups is 1. The van der Waals surface area contributed by atoms with Crippen molar-refractivity contribution >= 4 is 0 Å². The Balaban J connectivity index is 1.87. The highest BCUT2D eigenvalue weighted by Crippen LogP contribution is 2.33. The second-order valence-electron chi connectivity index (χ2n) is 3.93. The molecule has 0 amide bonds. The van der Waals surface area contributed by atoms with E-state index in [1.54, 1.807) is 0 Å². The van der Waals surface area contributed by atoms with Crippen LogP contribution >= 0.6 is 0 Å².